The van der Waals surface area contributed by atoms with E-state index in [4.69, 9.17) is 16.3 Å². The van der Waals surface area contributed by atoms with Crippen LogP contribution in [0.5, 0.6) is 6.01 Å². The normalized spacial score (nSPS) is 14.9. The smallest absolute Gasteiger partial charge is 0.322 e. The van der Waals surface area contributed by atoms with Crippen LogP contribution in [0, 0.1) is 0 Å². The number of rotatable bonds is 6. The molecule has 0 bridgehead atoms. The van der Waals surface area contributed by atoms with Gasteiger partial charge >= 0.3 is 6.01 Å². The van der Waals surface area contributed by atoms with E-state index in [0.717, 1.165) is 12.6 Å². The van der Waals surface area contributed by atoms with Gasteiger partial charge in [0, 0.05) is 26.7 Å². The highest BCUT2D eigenvalue weighted by molar-refractivity contribution is 6.28. The highest BCUT2D eigenvalue weighted by atomic mass is 35.5. The van der Waals surface area contributed by atoms with Crippen LogP contribution in [0.4, 0.5) is 5.95 Å². The van der Waals surface area contributed by atoms with Crippen LogP contribution < -0.4 is 9.64 Å². The Morgan fingerprint density at radius 2 is 1.94 bits per heavy atom. The zero-order chi connectivity index (χ0) is 13.1. The van der Waals surface area contributed by atoms with Gasteiger partial charge in [-0.3, -0.25) is 0 Å². The van der Waals surface area contributed by atoms with Gasteiger partial charge in [0.1, 0.15) is 6.61 Å². The van der Waals surface area contributed by atoms with Crippen LogP contribution >= 0.6 is 11.6 Å². The van der Waals surface area contributed by atoms with Crippen LogP contribution in [0.1, 0.15) is 12.8 Å². The molecule has 1 saturated carbocycles. The number of nitrogens with zero attached hydrogens (tertiary/aromatic N) is 5. The summed E-state index contributed by atoms with van der Waals surface area (Å²) in [4.78, 5) is 16.2. The third kappa shape index (κ3) is 3.68. The maximum atomic E-state index is 5.82. The molecule has 0 N–H and O–H groups in total. The summed E-state index contributed by atoms with van der Waals surface area (Å²) in [5.41, 5.74) is 0. The molecule has 1 fully saturated rings. The molecule has 0 unspecified atom stereocenters. The standard InChI is InChI=1S/C11H18ClN5O/c1-16(2)10-13-9(12)14-11(15-10)18-7-6-17(3)8-4-5-8/h8H,4-7H2,1-3H3. The van der Waals surface area contributed by atoms with Crippen molar-refractivity contribution in [2.75, 3.05) is 39.2 Å². The van der Waals surface area contributed by atoms with Gasteiger partial charge in [0.2, 0.25) is 11.2 Å². The summed E-state index contributed by atoms with van der Waals surface area (Å²) in [7, 11) is 5.79. The number of likely N-dealkylation sites (N-methyl/N-ethyl adjacent to an activating group) is 1. The van der Waals surface area contributed by atoms with E-state index in [2.05, 4.69) is 26.9 Å². The monoisotopic (exact) mass is 271 g/mol. The van der Waals surface area contributed by atoms with Gasteiger partial charge in [-0.25, -0.2) is 0 Å². The molecule has 0 aromatic carbocycles. The summed E-state index contributed by atoms with van der Waals surface area (Å²) in [6.07, 6.45) is 2.58. The highest BCUT2D eigenvalue weighted by Crippen LogP contribution is 2.24. The fourth-order valence-electron chi connectivity index (χ4n) is 1.57. The molecule has 100 valence electrons. The predicted octanol–water partition coefficient (Wildman–Crippen LogP) is 1.06. The molecule has 1 aliphatic rings. The zero-order valence-corrected chi connectivity index (χ0v) is 11.7. The molecular weight excluding hydrogens is 254 g/mol. The molecule has 1 heterocycles. The molecule has 2 rings (SSSR count). The third-order valence-electron chi connectivity index (χ3n) is 2.82. The molecule has 0 saturated heterocycles. The van der Waals surface area contributed by atoms with Crippen LogP contribution in [0.15, 0.2) is 0 Å². The first-order chi connectivity index (χ1) is 8.56. The number of halogens is 1. The molecule has 0 aliphatic heterocycles. The summed E-state index contributed by atoms with van der Waals surface area (Å²) in [6, 6.07) is 1.01. The summed E-state index contributed by atoms with van der Waals surface area (Å²) in [5.74, 6) is 0.501. The Bertz CT molecular complexity index is 410. The van der Waals surface area contributed by atoms with Crippen LogP contribution in [-0.2, 0) is 0 Å². The lowest BCUT2D eigenvalue weighted by molar-refractivity contribution is 0.220. The maximum Gasteiger partial charge on any atom is 0.322 e. The predicted molar refractivity (Wildman–Crippen MR) is 70.3 cm³/mol. The van der Waals surface area contributed by atoms with E-state index >= 15 is 0 Å². The van der Waals surface area contributed by atoms with Gasteiger partial charge in [-0.2, -0.15) is 15.0 Å². The molecule has 7 heteroatoms. The number of hydrogen-bond donors (Lipinski definition) is 0. The first-order valence-electron chi connectivity index (χ1n) is 5.98. The Balaban J connectivity index is 1.87. The fourth-order valence-corrected chi connectivity index (χ4v) is 1.71. The minimum absolute atomic E-state index is 0.152. The highest BCUT2D eigenvalue weighted by Gasteiger charge is 2.25. The van der Waals surface area contributed by atoms with Gasteiger partial charge in [0.05, 0.1) is 0 Å². The van der Waals surface area contributed by atoms with Crippen molar-refractivity contribution in [2.45, 2.75) is 18.9 Å². The summed E-state index contributed by atoms with van der Waals surface area (Å²) >= 11 is 5.82. The summed E-state index contributed by atoms with van der Waals surface area (Å²) in [5, 5.41) is 0.152. The van der Waals surface area contributed by atoms with Crippen LogP contribution in [0.2, 0.25) is 5.28 Å². The molecule has 0 radical (unpaired) electrons. The molecule has 1 aromatic rings. The van der Waals surface area contributed by atoms with Crippen LogP contribution in [0.25, 0.3) is 0 Å². The second-order valence-corrected chi connectivity index (χ2v) is 4.98. The average molecular weight is 272 g/mol. The van der Waals surface area contributed by atoms with E-state index in [1.54, 1.807) is 4.90 Å². The molecule has 1 aromatic heterocycles. The molecule has 0 amide bonds. The fraction of sp³-hybridized carbons (Fsp3) is 0.727. The Labute approximate surface area is 112 Å². The quantitative estimate of drug-likeness (QED) is 0.771. The van der Waals surface area contributed by atoms with Crippen molar-refractivity contribution >= 4 is 17.5 Å². The minimum Gasteiger partial charge on any atom is -0.462 e. The Kier molecular flexibility index (Phi) is 4.19. The van der Waals surface area contributed by atoms with Crippen molar-refractivity contribution in [2.24, 2.45) is 0 Å². The number of hydrogen-bond acceptors (Lipinski definition) is 6. The lowest BCUT2D eigenvalue weighted by Crippen LogP contribution is -2.26. The van der Waals surface area contributed by atoms with Crippen molar-refractivity contribution < 1.29 is 4.74 Å². The SMILES string of the molecule is CN(C)c1nc(Cl)nc(OCCN(C)C2CC2)n1. The zero-order valence-electron chi connectivity index (χ0n) is 10.9. The first-order valence-corrected chi connectivity index (χ1v) is 6.36. The maximum absolute atomic E-state index is 5.82. The van der Waals surface area contributed by atoms with E-state index in [-0.39, 0.29) is 11.3 Å². The molecular formula is C11H18ClN5O. The van der Waals surface area contributed by atoms with E-state index < -0.39 is 0 Å². The average Bonchev–Trinajstić information content (AvgIpc) is 3.11. The molecule has 0 spiro atoms. The van der Waals surface area contributed by atoms with Gasteiger partial charge in [0.15, 0.2) is 0 Å². The van der Waals surface area contributed by atoms with Crippen molar-refractivity contribution in [3.05, 3.63) is 5.28 Å². The van der Waals surface area contributed by atoms with E-state index in [1.165, 1.54) is 12.8 Å². The molecule has 6 nitrogen and oxygen atoms in total. The minimum atomic E-state index is 0.152. The lowest BCUT2D eigenvalue weighted by Gasteiger charge is -2.15. The van der Waals surface area contributed by atoms with Gasteiger partial charge in [-0.15, -0.1) is 0 Å². The topological polar surface area (TPSA) is 54.4 Å². The first kappa shape index (κ1) is 13.3. The van der Waals surface area contributed by atoms with Gasteiger partial charge in [-0.05, 0) is 31.5 Å². The Morgan fingerprint density at radius 1 is 1.22 bits per heavy atom. The van der Waals surface area contributed by atoms with Crippen molar-refractivity contribution in [1.29, 1.82) is 0 Å². The van der Waals surface area contributed by atoms with Crippen LogP contribution in [0.3, 0.4) is 0 Å². The number of anilines is 1. The Hall–Kier alpha value is -1.14. The van der Waals surface area contributed by atoms with Gasteiger partial charge in [0.25, 0.3) is 0 Å². The molecule has 0 atom stereocenters. The van der Waals surface area contributed by atoms with Gasteiger partial charge < -0.3 is 14.5 Å². The third-order valence-corrected chi connectivity index (χ3v) is 2.99. The second kappa shape index (κ2) is 5.67. The summed E-state index contributed by atoms with van der Waals surface area (Å²) in [6.45, 7) is 1.42. The van der Waals surface area contributed by atoms with Crippen molar-refractivity contribution in [3.63, 3.8) is 0 Å². The number of aromatic nitrogens is 3. The molecule has 1 aliphatic carbocycles. The largest absolute Gasteiger partial charge is 0.462 e. The number of ether oxygens (including phenoxy) is 1. The van der Waals surface area contributed by atoms with Gasteiger partial charge in [-0.1, -0.05) is 0 Å². The molecule has 18 heavy (non-hydrogen) atoms. The van der Waals surface area contributed by atoms with Crippen molar-refractivity contribution in [1.82, 2.24) is 19.9 Å². The van der Waals surface area contributed by atoms with Crippen molar-refractivity contribution in [3.8, 4) is 6.01 Å². The second-order valence-electron chi connectivity index (χ2n) is 4.64. The lowest BCUT2D eigenvalue weighted by atomic mass is 10.5. The van der Waals surface area contributed by atoms with E-state index in [0.29, 0.717) is 12.6 Å². The summed E-state index contributed by atoms with van der Waals surface area (Å²) < 4.78 is 5.51. The van der Waals surface area contributed by atoms with Crippen LogP contribution in [-0.4, -0.2) is 60.2 Å². The van der Waals surface area contributed by atoms with E-state index in [1.807, 2.05) is 14.1 Å². The van der Waals surface area contributed by atoms with E-state index in [9.17, 15) is 0 Å². The Morgan fingerprint density at radius 3 is 2.56 bits per heavy atom.